The molecular weight excluding hydrogens is 333 g/mol. The average molecular weight is 350 g/mol. The minimum atomic E-state index is 0.305. The van der Waals surface area contributed by atoms with Gasteiger partial charge in [-0.05, 0) is 42.4 Å². The molecule has 1 heterocycles. The molecule has 0 amide bonds. The summed E-state index contributed by atoms with van der Waals surface area (Å²) < 4.78 is 10.7. The van der Waals surface area contributed by atoms with Gasteiger partial charge in [0.25, 0.3) is 0 Å². The standard InChI is InChI=1S/C18H17Cl2NO2/c1-21(8-2-3-14-5-6-15(19)10-16(14)20)11-13-4-7-17-18(9-13)23-12-22-17/h2-7,9-10H,8,11-12H2,1H3/b3-2+. The Kier molecular flexibility index (Phi) is 5.11. The number of hydrogen-bond acceptors (Lipinski definition) is 3. The summed E-state index contributed by atoms with van der Waals surface area (Å²) in [7, 11) is 2.07. The minimum absolute atomic E-state index is 0.305. The van der Waals surface area contributed by atoms with E-state index in [1.165, 1.54) is 5.56 Å². The van der Waals surface area contributed by atoms with E-state index in [0.717, 1.165) is 30.2 Å². The van der Waals surface area contributed by atoms with Gasteiger partial charge in [0, 0.05) is 23.1 Å². The van der Waals surface area contributed by atoms with Gasteiger partial charge in [-0.1, -0.05) is 47.5 Å². The van der Waals surface area contributed by atoms with Crippen LogP contribution in [0.15, 0.2) is 42.5 Å². The third-order valence-electron chi connectivity index (χ3n) is 3.57. The van der Waals surface area contributed by atoms with Gasteiger partial charge in [0.2, 0.25) is 6.79 Å². The van der Waals surface area contributed by atoms with Crippen LogP contribution in [0.2, 0.25) is 10.0 Å². The van der Waals surface area contributed by atoms with E-state index in [1.807, 2.05) is 30.3 Å². The lowest BCUT2D eigenvalue weighted by Gasteiger charge is -2.14. The second-order valence-corrected chi connectivity index (χ2v) is 6.30. The highest BCUT2D eigenvalue weighted by Gasteiger charge is 2.13. The zero-order chi connectivity index (χ0) is 16.2. The van der Waals surface area contributed by atoms with Crippen molar-refractivity contribution in [1.29, 1.82) is 0 Å². The fraction of sp³-hybridized carbons (Fsp3) is 0.222. The number of benzene rings is 2. The van der Waals surface area contributed by atoms with E-state index in [0.29, 0.717) is 16.8 Å². The summed E-state index contributed by atoms with van der Waals surface area (Å²) in [6.07, 6.45) is 4.09. The van der Waals surface area contributed by atoms with Crippen molar-refractivity contribution in [3.63, 3.8) is 0 Å². The zero-order valence-electron chi connectivity index (χ0n) is 12.8. The molecule has 0 radical (unpaired) electrons. The Hall–Kier alpha value is -1.68. The maximum atomic E-state index is 6.15. The van der Waals surface area contributed by atoms with Crippen molar-refractivity contribution in [2.24, 2.45) is 0 Å². The molecule has 0 aromatic heterocycles. The van der Waals surface area contributed by atoms with Crippen LogP contribution in [-0.4, -0.2) is 25.3 Å². The first-order chi connectivity index (χ1) is 11.1. The van der Waals surface area contributed by atoms with E-state index in [4.69, 9.17) is 32.7 Å². The van der Waals surface area contributed by atoms with E-state index in [-0.39, 0.29) is 0 Å². The number of nitrogens with zero attached hydrogens (tertiary/aromatic N) is 1. The van der Waals surface area contributed by atoms with Crippen molar-refractivity contribution in [3.8, 4) is 11.5 Å². The van der Waals surface area contributed by atoms with Crippen molar-refractivity contribution in [1.82, 2.24) is 4.90 Å². The number of rotatable bonds is 5. The second-order valence-electron chi connectivity index (χ2n) is 5.45. The van der Waals surface area contributed by atoms with Gasteiger partial charge in [-0.2, -0.15) is 0 Å². The average Bonchev–Trinajstić information content (AvgIpc) is 2.97. The normalized spacial score (nSPS) is 13.2. The maximum absolute atomic E-state index is 6.15. The SMILES string of the molecule is CN(C/C=C/c1ccc(Cl)cc1Cl)Cc1ccc2c(c1)OCO2. The zero-order valence-corrected chi connectivity index (χ0v) is 14.3. The van der Waals surface area contributed by atoms with Gasteiger partial charge >= 0.3 is 0 Å². The fourth-order valence-electron chi connectivity index (χ4n) is 2.41. The highest BCUT2D eigenvalue weighted by Crippen LogP contribution is 2.32. The van der Waals surface area contributed by atoms with E-state index in [2.05, 4.69) is 24.1 Å². The molecule has 0 N–H and O–H groups in total. The topological polar surface area (TPSA) is 21.7 Å². The molecule has 3 nitrogen and oxygen atoms in total. The van der Waals surface area contributed by atoms with Gasteiger partial charge in [-0.3, -0.25) is 4.90 Å². The molecule has 23 heavy (non-hydrogen) atoms. The summed E-state index contributed by atoms with van der Waals surface area (Å²) >= 11 is 12.0. The van der Waals surface area contributed by atoms with Crippen LogP contribution in [0, 0.1) is 0 Å². The Morgan fingerprint density at radius 1 is 1.09 bits per heavy atom. The molecule has 0 fully saturated rings. The van der Waals surface area contributed by atoms with Crippen molar-refractivity contribution >= 4 is 29.3 Å². The van der Waals surface area contributed by atoms with Crippen molar-refractivity contribution < 1.29 is 9.47 Å². The smallest absolute Gasteiger partial charge is 0.231 e. The van der Waals surface area contributed by atoms with Gasteiger partial charge < -0.3 is 9.47 Å². The number of hydrogen-bond donors (Lipinski definition) is 0. The van der Waals surface area contributed by atoms with Crippen molar-refractivity contribution in [2.45, 2.75) is 6.54 Å². The molecule has 2 aromatic rings. The Bertz CT molecular complexity index is 731. The predicted molar refractivity (Wildman–Crippen MR) is 94.4 cm³/mol. The summed E-state index contributed by atoms with van der Waals surface area (Å²) in [5, 5.41) is 1.30. The molecule has 1 aliphatic rings. The Morgan fingerprint density at radius 3 is 2.74 bits per heavy atom. The van der Waals surface area contributed by atoms with Crippen molar-refractivity contribution in [2.75, 3.05) is 20.4 Å². The van der Waals surface area contributed by atoms with Crippen LogP contribution < -0.4 is 9.47 Å². The molecule has 120 valence electrons. The molecule has 5 heteroatoms. The fourth-order valence-corrected chi connectivity index (χ4v) is 2.88. The maximum Gasteiger partial charge on any atom is 0.231 e. The highest BCUT2D eigenvalue weighted by atomic mass is 35.5. The predicted octanol–water partition coefficient (Wildman–Crippen LogP) is 4.87. The molecule has 0 bridgehead atoms. The summed E-state index contributed by atoms with van der Waals surface area (Å²) in [4.78, 5) is 2.21. The van der Waals surface area contributed by atoms with Crippen LogP contribution in [0.1, 0.15) is 11.1 Å². The lowest BCUT2D eigenvalue weighted by molar-refractivity contribution is 0.174. The quantitative estimate of drug-likeness (QED) is 0.768. The first-order valence-electron chi connectivity index (χ1n) is 7.30. The number of fused-ring (bicyclic) bond motifs is 1. The van der Waals surface area contributed by atoms with Gasteiger partial charge in [-0.15, -0.1) is 0 Å². The Balaban J connectivity index is 1.57. The molecule has 0 atom stereocenters. The van der Waals surface area contributed by atoms with Crippen molar-refractivity contribution in [3.05, 3.63) is 63.6 Å². The molecule has 0 unspecified atom stereocenters. The lowest BCUT2D eigenvalue weighted by atomic mass is 10.2. The largest absolute Gasteiger partial charge is 0.454 e. The van der Waals surface area contributed by atoms with Gasteiger partial charge in [0.05, 0.1) is 0 Å². The third-order valence-corrected chi connectivity index (χ3v) is 4.13. The highest BCUT2D eigenvalue weighted by molar-refractivity contribution is 6.35. The van der Waals surface area contributed by atoms with E-state index < -0.39 is 0 Å². The summed E-state index contributed by atoms with van der Waals surface area (Å²) in [5.74, 6) is 1.63. The first-order valence-corrected chi connectivity index (χ1v) is 8.06. The monoisotopic (exact) mass is 349 g/mol. The van der Waals surface area contributed by atoms with Crippen LogP contribution >= 0.6 is 23.2 Å². The molecule has 0 aliphatic carbocycles. The summed E-state index contributed by atoms with van der Waals surface area (Å²) in [5.41, 5.74) is 2.15. The summed E-state index contributed by atoms with van der Waals surface area (Å²) in [6, 6.07) is 11.5. The number of halogens is 2. The Labute approximate surface area is 146 Å². The van der Waals surface area contributed by atoms with Gasteiger partial charge in [0.1, 0.15) is 0 Å². The van der Waals surface area contributed by atoms with E-state index in [9.17, 15) is 0 Å². The van der Waals surface area contributed by atoms with Crippen LogP contribution in [-0.2, 0) is 6.54 Å². The second kappa shape index (κ2) is 7.26. The molecule has 3 rings (SSSR count). The van der Waals surface area contributed by atoms with Gasteiger partial charge in [-0.25, -0.2) is 0 Å². The third kappa shape index (κ3) is 4.20. The van der Waals surface area contributed by atoms with E-state index in [1.54, 1.807) is 6.07 Å². The lowest BCUT2D eigenvalue weighted by Crippen LogP contribution is -2.17. The molecule has 2 aromatic carbocycles. The summed E-state index contributed by atoms with van der Waals surface area (Å²) in [6.45, 7) is 1.95. The molecule has 1 aliphatic heterocycles. The van der Waals surface area contributed by atoms with Crippen LogP contribution in [0.3, 0.4) is 0 Å². The van der Waals surface area contributed by atoms with Crippen LogP contribution in [0.25, 0.3) is 6.08 Å². The van der Waals surface area contributed by atoms with E-state index >= 15 is 0 Å². The molecule has 0 saturated carbocycles. The van der Waals surface area contributed by atoms with Crippen LogP contribution in [0.5, 0.6) is 11.5 Å². The number of likely N-dealkylation sites (N-methyl/N-ethyl adjacent to an activating group) is 1. The van der Waals surface area contributed by atoms with Gasteiger partial charge in [0.15, 0.2) is 11.5 Å². The molecule has 0 spiro atoms. The minimum Gasteiger partial charge on any atom is -0.454 e. The molecular formula is C18H17Cl2NO2. The number of ether oxygens (including phenoxy) is 2. The Morgan fingerprint density at radius 2 is 1.91 bits per heavy atom. The van der Waals surface area contributed by atoms with Crippen LogP contribution in [0.4, 0.5) is 0 Å². The first kappa shape index (κ1) is 16.2. The molecule has 0 saturated heterocycles.